The summed E-state index contributed by atoms with van der Waals surface area (Å²) in [5, 5.41) is 1.50. The molecule has 2 nitrogen and oxygen atoms in total. The summed E-state index contributed by atoms with van der Waals surface area (Å²) in [6, 6.07) is 20.4. The molecule has 3 heteroatoms. The third-order valence-electron chi connectivity index (χ3n) is 7.33. The predicted molar refractivity (Wildman–Crippen MR) is 126 cm³/mol. The van der Waals surface area contributed by atoms with E-state index in [-0.39, 0.29) is 5.41 Å². The van der Waals surface area contributed by atoms with E-state index in [1.165, 1.54) is 16.3 Å². The number of rotatable bonds is 4. The second-order valence-corrected chi connectivity index (χ2v) is 14.4. The average molecular weight is 405 g/mol. The standard InChI is InChI=1S/C26H34NOSi/c1-19(2)23-18-28-25(27(23)4)26(3)22-15-11-10-12-20(22)16-17-24(26)29(5,6)21-13-8-7-9-14-21/h7-17,19,23-24H,18H2,1-6H3/q+1/t23-,24+,26-/m1/s1. The molecule has 2 aromatic carbocycles. The van der Waals surface area contributed by atoms with Gasteiger partial charge in [-0.25, -0.2) is 0 Å². The van der Waals surface area contributed by atoms with Crippen molar-refractivity contribution in [2.45, 2.75) is 50.9 Å². The van der Waals surface area contributed by atoms with E-state index in [1.54, 1.807) is 0 Å². The number of likely N-dealkylation sites (N-methyl/N-ethyl adjacent to an activating group) is 1. The number of fused-ring (bicyclic) bond motifs is 1. The summed E-state index contributed by atoms with van der Waals surface area (Å²) >= 11 is 0. The van der Waals surface area contributed by atoms with Crippen LogP contribution in [0, 0.1) is 5.92 Å². The smallest absolute Gasteiger partial charge is 0.347 e. The lowest BCUT2D eigenvalue weighted by Crippen LogP contribution is -2.56. The first-order chi connectivity index (χ1) is 13.8. The highest BCUT2D eigenvalue weighted by Crippen LogP contribution is 2.50. The molecule has 0 bridgehead atoms. The molecule has 2 aromatic rings. The summed E-state index contributed by atoms with van der Waals surface area (Å²) < 4.78 is 8.96. The molecule has 0 unspecified atom stereocenters. The van der Waals surface area contributed by atoms with Gasteiger partial charge in [-0.2, -0.15) is 4.58 Å². The van der Waals surface area contributed by atoms with E-state index in [4.69, 9.17) is 4.74 Å². The van der Waals surface area contributed by atoms with Crippen molar-refractivity contribution in [1.82, 2.24) is 0 Å². The SMILES string of the molecule is CC(C)[C@H]1COC([C@]2(C)c3ccccc3C=C[C@@H]2[Si](C)(C)c2ccccc2)=[N+]1C. The van der Waals surface area contributed by atoms with Crippen molar-refractivity contribution < 1.29 is 9.31 Å². The van der Waals surface area contributed by atoms with Gasteiger partial charge in [-0.1, -0.05) is 98.9 Å². The monoisotopic (exact) mass is 404 g/mol. The van der Waals surface area contributed by atoms with E-state index < -0.39 is 8.07 Å². The molecule has 1 aliphatic heterocycles. The Labute approximate surface area is 176 Å². The van der Waals surface area contributed by atoms with Gasteiger partial charge in [0.2, 0.25) is 0 Å². The predicted octanol–water partition coefficient (Wildman–Crippen LogP) is 5.05. The minimum atomic E-state index is -1.84. The zero-order valence-corrected chi connectivity index (χ0v) is 19.6. The minimum Gasteiger partial charge on any atom is -0.440 e. The molecule has 152 valence electrons. The fourth-order valence-corrected chi connectivity index (χ4v) is 9.33. The molecule has 0 radical (unpaired) electrons. The Bertz CT molecular complexity index is 960. The van der Waals surface area contributed by atoms with Crippen molar-refractivity contribution in [3.8, 4) is 0 Å². The van der Waals surface area contributed by atoms with Crippen LogP contribution in [0.4, 0.5) is 0 Å². The van der Waals surface area contributed by atoms with Crippen molar-refractivity contribution >= 4 is 25.2 Å². The summed E-state index contributed by atoms with van der Waals surface area (Å²) in [5.74, 6) is 1.71. The quantitative estimate of drug-likeness (QED) is 0.513. The number of allylic oxidation sites excluding steroid dienone is 1. The van der Waals surface area contributed by atoms with Gasteiger partial charge in [0.05, 0.1) is 8.07 Å². The second-order valence-electron chi connectivity index (χ2n) is 9.75. The molecule has 3 atom stereocenters. The van der Waals surface area contributed by atoms with Gasteiger partial charge in [-0.05, 0) is 23.6 Å². The fraction of sp³-hybridized carbons (Fsp3) is 0.423. The maximum atomic E-state index is 6.53. The molecule has 0 amide bonds. The lowest BCUT2D eigenvalue weighted by atomic mass is 9.73. The lowest BCUT2D eigenvalue weighted by Gasteiger charge is -2.44. The van der Waals surface area contributed by atoms with Gasteiger partial charge in [0.25, 0.3) is 0 Å². The number of hydrogen-bond donors (Lipinski definition) is 0. The lowest BCUT2D eigenvalue weighted by molar-refractivity contribution is -0.537. The molecule has 0 fully saturated rings. The average Bonchev–Trinajstić information content (AvgIpc) is 3.11. The Balaban J connectivity index is 1.93. The van der Waals surface area contributed by atoms with Crippen LogP contribution in [0.5, 0.6) is 0 Å². The van der Waals surface area contributed by atoms with E-state index in [9.17, 15) is 0 Å². The van der Waals surface area contributed by atoms with Crippen molar-refractivity contribution in [2.75, 3.05) is 13.7 Å². The minimum absolute atomic E-state index is 0.171. The number of benzene rings is 2. The van der Waals surface area contributed by atoms with Crippen molar-refractivity contribution in [3.63, 3.8) is 0 Å². The molecule has 4 rings (SSSR count). The molecule has 0 saturated heterocycles. The Morgan fingerprint density at radius 3 is 2.34 bits per heavy atom. The molecule has 0 aromatic heterocycles. The zero-order valence-electron chi connectivity index (χ0n) is 18.6. The second kappa shape index (κ2) is 7.28. The number of hydrogen-bond acceptors (Lipinski definition) is 1. The van der Waals surface area contributed by atoms with E-state index in [0.29, 0.717) is 17.5 Å². The van der Waals surface area contributed by atoms with E-state index in [0.717, 1.165) is 12.5 Å². The van der Waals surface area contributed by atoms with Crippen molar-refractivity contribution in [3.05, 3.63) is 71.8 Å². The van der Waals surface area contributed by atoms with Crippen LogP contribution in [0.1, 0.15) is 31.9 Å². The summed E-state index contributed by atoms with van der Waals surface area (Å²) in [7, 11) is 0.386. The molecule has 1 aliphatic carbocycles. The third-order valence-corrected chi connectivity index (χ3v) is 11.5. The molecular formula is C26H34NOSi+. The van der Waals surface area contributed by atoms with Crippen LogP contribution in [-0.2, 0) is 10.2 Å². The highest BCUT2D eigenvalue weighted by molar-refractivity contribution is 6.91. The van der Waals surface area contributed by atoms with Gasteiger partial charge in [0.1, 0.15) is 12.5 Å². The molecule has 0 spiro atoms. The topological polar surface area (TPSA) is 12.2 Å². The maximum absolute atomic E-state index is 6.53. The fourth-order valence-electron chi connectivity index (χ4n) is 5.62. The summed E-state index contributed by atoms with van der Waals surface area (Å²) in [6.45, 7) is 12.8. The van der Waals surface area contributed by atoms with Gasteiger partial charge in [-0.15, -0.1) is 0 Å². The molecule has 0 saturated carbocycles. The molecule has 2 aliphatic rings. The van der Waals surface area contributed by atoms with Gasteiger partial charge < -0.3 is 4.74 Å². The summed E-state index contributed by atoms with van der Waals surface area (Å²) in [4.78, 5) is 0. The summed E-state index contributed by atoms with van der Waals surface area (Å²) in [5.41, 5.74) is 2.96. The van der Waals surface area contributed by atoms with Gasteiger partial charge in [0.15, 0.2) is 12.6 Å². The van der Waals surface area contributed by atoms with E-state index in [2.05, 4.69) is 112 Å². The van der Waals surface area contributed by atoms with Crippen molar-refractivity contribution in [1.29, 1.82) is 0 Å². The third kappa shape index (κ3) is 3.11. The first kappa shape index (κ1) is 20.2. The van der Waals surface area contributed by atoms with Crippen LogP contribution in [-0.4, -0.2) is 38.2 Å². The van der Waals surface area contributed by atoms with Crippen LogP contribution in [0.3, 0.4) is 0 Å². The Kier molecular flexibility index (Phi) is 5.06. The first-order valence-electron chi connectivity index (χ1n) is 10.8. The van der Waals surface area contributed by atoms with E-state index in [1.807, 2.05) is 0 Å². The molecular weight excluding hydrogens is 370 g/mol. The van der Waals surface area contributed by atoms with E-state index >= 15 is 0 Å². The zero-order chi connectivity index (χ0) is 20.8. The highest BCUT2D eigenvalue weighted by Gasteiger charge is 2.57. The van der Waals surface area contributed by atoms with Crippen LogP contribution in [0.15, 0.2) is 60.7 Å². The first-order valence-corrected chi connectivity index (χ1v) is 13.9. The number of ether oxygens (including phenoxy) is 1. The Morgan fingerprint density at radius 2 is 1.69 bits per heavy atom. The Hall–Kier alpha value is -2.13. The summed E-state index contributed by atoms with van der Waals surface area (Å²) in [6.07, 6.45) is 4.82. The van der Waals surface area contributed by atoms with Gasteiger partial charge in [0, 0.05) is 5.92 Å². The van der Waals surface area contributed by atoms with Gasteiger partial charge in [-0.3, -0.25) is 0 Å². The molecule has 0 N–H and O–H groups in total. The van der Waals surface area contributed by atoms with Crippen LogP contribution >= 0.6 is 0 Å². The largest absolute Gasteiger partial charge is 0.440 e. The Morgan fingerprint density at radius 1 is 1.03 bits per heavy atom. The normalized spacial score (nSPS) is 26.6. The maximum Gasteiger partial charge on any atom is 0.347 e. The van der Waals surface area contributed by atoms with Crippen molar-refractivity contribution in [2.24, 2.45) is 5.92 Å². The number of nitrogens with zero attached hydrogens (tertiary/aromatic N) is 1. The molecule has 29 heavy (non-hydrogen) atoms. The van der Waals surface area contributed by atoms with Crippen LogP contribution < -0.4 is 5.19 Å². The van der Waals surface area contributed by atoms with Crippen LogP contribution in [0.2, 0.25) is 18.6 Å². The highest BCUT2D eigenvalue weighted by atomic mass is 28.3. The van der Waals surface area contributed by atoms with Gasteiger partial charge >= 0.3 is 5.90 Å². The molecule has 1 heterocycles. The van der Waals surface area contributed by atoms with Crippen LogP contribution in [0.25, 0.3) is 6.08 Å².